The monoisotopic (exact) mass is 390 g/mol. The van der Waals surface area contributed by atoms with Gasteiger partial charge in [-0.1, -0.05) is 26.0 Å². The average molecular weight is 390 g/mol. The molecule has 2 aromatic carbocycles. The molecule has 152 valence electrons. The first-order valence-electron chi connectivity index (χ1n) is 9.18. The van der Waals surface area contributed by atoms with Crippen molar-refractivity contribution in [3.8, 4) is 22.6 Å². The number of ether oxygens (including phenoxy) is 4. The van der Waals surface area contributed by atoms with E-state index in [1.807, 2.05) is 19.9 Å². The van der Waals surface area contributed by atoms with Crippen molar-refractivity contribution in [1.82, 2.24) is 0 Å². The molecule has 5 nitrogen and oxygen atoms in total. The third kappa shape index (κ3) is 5.30. The Labute approximate surface area is 165 Å². The number of hydrogen-bond donors (Lipinski definition) is 0. The first kappa shape index (κ1) is 21.9. The standard InChI is InChI=1S/C22H27FO5/c1-15(2)18-13-20(27-11-9-25-3)22(28-12-10-26-4)21(19(18)14-24)16-5-7-17(23)8-6-16/h5-8,13-15H,9-12H2,1-4H3. The Morgan fingerprint density at radius 3 is 2.11 bits per heavy atom. The van der Waals surface area contributed by atoms with E-state index < -0.39 is 0 Å². The lowest BCUT2D eigenvalue weighted by atomic mass is 9.89. The molecule has 0 atom stereocenters. The van der Waals surface area contributed by atoms with Crippen LogP contribution in [0.3, 0.4) is 0 Å². The number of carbonyl (C=O) groups excluding carboxylic acids is 1. The first-order chi connectivity index (χ1) is 13.5. The maximum atomic E-state index is 13.5. The molecule has 0 aliphatic rings. The molecule has 0 aliphatic carbocycles. The Morgan fingerprint density at radius 2 is 1.57 bits per heavy atom. The van der Waals surface area contributed by atoms with Gasteiger partial charge in [-0.25, -0.2) is 4.39 Å². The molecular formula is C22H27FO5. The maximum absolute atomic E-state index is 13.5. The topological polar surface area (TPSA) is 54.0 Å². The van der Waals surface area contributed by atoms with Crippen molar-refractivity contribution in [2.24, 2.45) is 0 Å². The van der Waals surface area contributed by atoms with E-state index in [4.69, 9.17) is 18.9 Å². The lowest BCUT2D eigenvalue weighted by Crippen LogP contribution is -2.12. The zero-order chi connectivity index (χ0) is 20.5. The second-order valence-electron chi connectivity index (χ2n) is 6.54. The predicted octanol–water partition coefficient (Wildman–Crippen LogP) is 4.48. The van der Waals surface area contributed by atoms with Gasteiger partial charge >= 0.3 is 0 Å². The highest BCUT2D eigenvalue weighted by Gasteiger charge is 2.23. The fourth-order valence-electron chi connectivity index (χ4n) is 2.89. The van der Waals surface area contributed by atoms with Gasteiger partial charge in [0.1, 0.15) is 19.0 Å². The van der Waals surface area contributed by atoms with Crippen molar-refractivity contribution < 1.29 is 28.1 Å². The van der Waals surface area contributed by atoms with Crippen LogP contribution in [0.5, 0.6) is 11.5 Å². The van der Waals surface area contributed by atoms with Gasteiger partial charge in [-0.05, 0) is 35.2 Å². The summed E-state index contributed by atoms with van der Waals surface area (Å²) in [5, 5.41) is 0. The van der Waals surface area contributed by atoms with Gasteiger partial charge in [0.05, 0.1) is 13.2 Å². The molecule has 0 N–H and O–H groups in total. The highest BCUT2D eigenvalue weighted by molar-refractivity contribution is 5.94. The number of benzene rings is 2. The Bertz CT molecular complexity index is 771. The van der Waals surface area contributed by atoms with Crippen molar-refractivity contribution >= 4 is 6.29 Å². The third-order valence-corrected chi connectivity index (χ3v) is 4.27. The van der Waals surface area contributed by atoms with Crippen LogP contribution in [-0.2, 0) is 9.47 Å². The summed E-state index contributed by atoms with van der Waals surface area (Å²) in [6.07, 6.45) is 0.816. The van der Waals surface area contributed by atoms with Gasteiger partial charge in [0.2, 0.25) is 0 Å². The molecule has 6 heteroatoms. The van der Waals surface area contributed by atoms with Crippen LogP contribution in [0, 0.1) is 5.82 Å². The van der Waals surface area contributed by atoms with Crippen molar-refractivity contribution in [1.29, 1.82) is 0 Å². The van der Waals surface area contributed by atoms with Gasteiger partial charge in [-0.3, -0.25) is 4.79 Å². The number of methoxy groups -OCH3 is 2. The summed E-state index contributed by atoms with van der Waals surface area (Å²) in [5.41, 5.74) is 2.61. The van der Waals surface area contributed by atoms with Gasteiger partial charge in [0.15, 0.2) is 17.8 Å². The molecule has 0 spiro atoms. The zero-order valence-corrected chi connectivity index (χ0v) is 16.8. The Morgan fingerprint density at radius 1 is 0.964 bits per heavy atom. The number of carbonyl (C=O) groups is 1. The number of halogens is 1. The molecule has 0 bridgehead atoms. The minimum atomic E-state index is -0.352. The van der Waals surface area contributed by atoms with Crippen molar-refractivity contribution in [3.05, 3.63) is 47.3 Å². The highest BCUT2D eigenvalue weighted by atomic mass is 19.1. The smallest absolute Gasteiger partial charge is 0.169 e. The summed E-state index contributed by atoms with van der Waals surface area (Å²) in [4.78, 5) is 12.0. The van der Waals surface area contributed by atoms with Crippen LogP contribution in [-0.4, -0.2) is 46.9 Å². The SMILES string of the molecule is COCCOc1cc(C(C)C)c(C=O)c(-c2ccc(F)cc2)c1OCCOC. The van der Waals surface area contributed by atoms with Gasteiger partial charge in [-0.15, -0.1) is 0 Å². The molecule has 0 amide bonds. The van der Waals surface area contributed by atoms with Gasteiger partial charge in [0.25, 0.3) is 0 Å². The predicted molar refractivity (Wildman–Crippen MR) is 106 cm³/mol. The zero-order valence-electron chi connectivity index (χ0n) is 16.8. The summed E-state index contributed by atoms with van der Waals surface area (Å²) < 4.78 is 35.5. The van der Waals surface area contributed by atoms with E-state index in [9.17, 15) is 9.18 Å². The largest absolute Gasteiger partial charge is 0.487 e. The number of aldehydes is 1. The van der Waals surface area contributed by atoms with Crippen LogP contribution in [0.4, 0.5) is 4.39 Å². The molecule has 0 saturated heterocycles. The van der Waals surface area contributed by atoms with Gasteiger partial charge < -0.3 is 18.9 Å². The first-order valence-corrected chi connectivity index (χ1v) is 9.18. The van der Waals surface area contributed by atoms with Crippen LogP contribution in [0.1, 0.15) is 35.7 Å². The fourth-order valence-corrected chi connectivity index (χ4v) is 2.89. The summed E-state index contributed by atoms with van der Waals surface area (Å²) in [5.74, 6) is 0.681. The molecule has 0 radical (unpaired) electrons. The quantitative estimate of drug-likeness (QED) is 0.418. The minimum absolute atomic E-state index is 0.0807. The van der Waals surface area contributed by atoms with Gasteiger partial charge in [-0.2, -0.15) is 0 Å². The fraction of sp³-hybridized carbons (Fsp3) is 0.409. The van der Waals surface area contributed by atoms with E-state index in [-0.39, 0.29) is 18.3 Å². The lowest BCUT2D eigenvalue weighted by Gasteiger charge is -2.22. The van der Waals surface area contributed by atoms with Crippen molar-refractivity contribution in [2.75, 3.05) is 40.6 Å². The van der Waals surface area contributed by atoms with Crippen LogP contribution < -0.4 is 9.47 Å². The van der Waals surface area contributed by atoms with E-state index in [0.29, 0.717) is 48.0 Å². The summed E-state index contributed by atoms with van der Waals surface area (Å²) in [6, 6.07) is 7.81. The minimum Gasteiger partial charge on any atom is -0.487 e. The lowest BCUT2D eigenvalue weighted by molar-refractivity contribution is 0.112. The molecule has 0 fully saturated rings. The van der Waals surface area contributed by atoms with E-state index in [1.165, 1.54) is 12.1 Å². The molecule has 0 heterocycles. The molecule has 0 aliphatic heterocycles. The normalized spacial score (nSPS) is 10.9. The Balaban J connectivity index is 2.69. The maximum Gasteiger partial charge on any atom is 0.169 e. The Hall–Kier alpha value is -2.44. The molecule has 28 heavy (non-hydrogen) atoms. The molecule has 2 aromatic rings. The molecule has 0 unspecified atom stereocenters. The third-order valence-electron chi connectivity index (χ3n) is 4.27. The Kier molecular flexibility index (Phi) is 8.42. The number of hydrogen-bond acceptors (Lipinski definition) is 5. The molecule has 2 rings (SSSR count). The second-order valence-corrected chi connectivity index (χ2v) is 6.54. The average Bonchev–Trinajstić information content (AvgIpc) is 2.69. The molecule has 0 saturated carbocycles. The summed E-state index contributed by atoms with van der Waals surface area (Å²) >= 11 is 0. The van der Waals surface area contributed by atoms with E-state index in [2.05, 4.69) is 0 Å². The summed E-state index contributed by atoms with van der Waals surface area (Å²) in [6.45, 7) is 5.41. The van der Waals surface area contributed by atoms with E-state index in [1.54, 1.807) is 26.4 Å². The van der Waals surface area contributed by atoms with E-state index in [0.717, 1.165) is 11.8 Å². The van der Waals surface area contributed by atoms with E-state index >= 15 is 0 Å². The molecular weight excluding hydrogens is 363 g/mol. The number of rotatable bonds is 11. The van der Waals surface area contributed by atoms with Crippen LogP contribution >= 0.6 is 0 Å². The van der Waals surface area contributed by atoms with Gasteiger partial charge in [0, 0.05) is 25.3 Å². The highest BCUT2D eigenvalue weighted by Crippen LogP contribution is 2.44. The molecule has 0 aromatic heterocycles. The van der Waals surface area contributed by atoms with Crippen molar-refractivity contribution in [2.45, 2.75) is 19.8 Å². The van der Waals surface area contributed by atoms with Crippen LogP contribution in [0.2, 0.25) is 0 Å². The van der Waals surface area contributed by atoms with Crippen LogP contribution in [0.15, 0.2) is 30.3 Å². The van der Waals surface area contributed by atoms with Crippen molar-refractivity contribution in [3.63, 3.8) is 0 Å². The van der Waals surface area contributed by atoms with Crippen LogP contribution in [0.25, 0.3) is 11.1 Å². The second kappa shape index (κ2) is 10.8. The summed E-state index contributed by atoms with van der Waals surface area (Å²) in [7, 11) is 3.18.